The summed E-state index contributed by atoms with van der Waals surface area (Å²) in [4.78, 5) is 15.6. The fraction of sp³-hybridized carbons (Fsp3) is 0.643. The molecule has 0 aliphatic heterocycles. The van der Waals surface area contributed by atoms with E-state index in [9.17, 15) is 18.0 Å². The monoisotopic (exact) mass is 472 g/mol. The number of allylic oxidation sites excluding steroid dienone is 3. The van der Waals surface area contributed by atoms with Crippen LogP contribution in [0.3, 0.4) is 0 Å². The van der Waals surface area contributed by atoms with Crippen molar-refractivity contribution >= 4 is 11.5 Å². The molecule has 6 heteroatoms. The molecule has 3 nitrogen and oxygen atoms in total. The third-order valence-electron chi connectivity index (χ3n) is 10.0. The summed E-state index contributed by atoms with van der Waals surface area (Å²) in [5.74, 6) is 0.978. The first-order valence-corrected chi connectivity index (χ1v) is 12.6. The fourth-order valence-corrected chi connectivity index (χ4v) is 8.46. The Morgan fingerprint density at radius 1 is 1.06 bits per heavy atom. The molecular weight excluding hydrogens is 437 g/mol. The molecule has 0 aromatic carbocycles. The second kappa shape index (κ2) is 7.69. The molecule has 0 unspecified atom stereocenters. The van der Waals surface area contributed by atoms with Gasteiger partial charge in [0.25, 0.3) is 0 Å². The van der Waals surface area contributed by atoms with Crippen LogP contribution in [-0.4, -0.2) is 16.9 Å². The molecule has 1 heterocycles. The lowest BCUT2D eigenvalue weighted by Gasteiger charge is -2.63. The maximum absolute atomic E-state index is 13.4. The van der Waals surface area contributed by atoms with Crippen LogP contribution in [0.15, 0.2) is 36.2 Å². The molecule has 184 valence electrons. The number of alkyl halides is 3. The number of carbonyl (C=O) groups is 1. The van der Waals surface area contributed by atoms with Gasteiger partial charge in [0.2, 0.25) is 5.91 Å². The van der Waals surface area contributed by atoms with Crippen LogP contribution in [0, 0.1) is 28.1 Å². The van der Waals surface area contributed by atoms with E-state index in [-0.39, 0.29) is 28.2 Å². The average Bonchev–Trinajstić information content (AvgIpc) is 3.11. The van der Waals surface area contributed by atoms with Crippen LogP contribution >= 0.6 is 0 Å². The second-order valence-electron chi connectivity index (χ2n) is 11.9. The van der Waals surface area contributed by atoms with E-state index in [0.29, 0.717) is 17.4 Å². The van der Waals surface area contributed by atoms with Gasteiger partial charge in [-0.15, -0.1) is 0 Å². The van der Waals surface area contributed by atoms with Gasteiger partial charge in [0, 0.05) is 25.4 Å². The van der Waals surface area contributed by atoms with Crippen molar-refractivity contribution in [3.8, 4) is 0 Å². The van der Waals surface area contributed by atoms with Crippen LogP contribution in [0.2, 0.25) is 0 Å². The summed E-state index contributed by atoms with van der Waals surface area (Å²) in [5.41, 5.74) is 2.57. The van der Waals surface area contributed by atoms with Crippen LogP contribution < -0.4 is 5.32 Å². The standard InChI is InChI=1S/C28H35F3N2O/c1-17(34)33-21-8-11-25(2)19(14-21)7-10-27(4)23-6-5-22(26(23,3)12-9-24(25)27)18-13-20(16-32-15-18)28(29,30)31/h5,7,13,15-16,21,23-24H,6,8-12,14H2,1-4H3,(H,33,34)/t21-,23-,24-,25+,26-,27+/m1/s1. The van der Waals surface area contributed by atoms with Crippen molar-refractivity contribution in [1.82, 2.24) is 10.3 Å². The molecular formula is C28H35F3N2O. The van der Waals surface area contributed by atoms with Gasteiger partial charge in [-0.25, -0.2) is 0 Å². The predicted molar refractivity (Wildman–Crippen MR) is 127 cm³/mol. The lowest BCUT2D eigenvalue weighted by atomic mass is 9.41. The number of amides is 1. The van der Waals surface area contributed by atoms with Crippen molar-refractivity contribution in [3.05, 3.63) is 47.3 Å². The Bertz CT molecular complexity index is 1080. The van der Waals surface area contributed by atoms with Gasteiger partial charge in [0.05, 0.1) is 5.56 Å². The van der Waals surface area contributed by atoms with E-state index >= 15 is 0 Å². The maximum Gasteiger partial charge on any atom is 0.417 e. The van der Waals surface area contributed by atoms with E-state index in [1.165, 1.54) is 11.6 Å². The quantitative estimate of drug-likeness (QED) is 0.473. The van der Waals surface area contributed by atoms with Gasteiger partial charge in [-0.05, 0) is 90.2 Å². The Morgan fingerprint density at radius 2 is 1.79 bits per heavy atom. The molecule has 5 rings (SSSR count). The Morgan fingerprint density at radius 3 is 2.50 bits per heavy atom. The molecule has 0 spiro atoms. The first kappa shape index (κ1) is 23.6. The van der Waals surface area contributed by atoms with E-state index in [1.807, 2.05) is 0 Å². The van der Waals surface area contributed by atoms with Gasteiger partial charge in [-0.1, -0.05) is 38.5 Å². The third kappa shape index (κ3) is 3.46. The normalized spacial score (nSPS) is 39.3. The van der Waals surface area contributed by atoms with Crippen molar-refractivity contribution in [2.75, 3.05) is 0 Å². The summed E-state index contributed by atoms with van der Waals surface area (Å²) in [6, 6.07) is 1.51. The molecule has 1 N–H and O–H groups in total. The van der Waals surface area contributed by atoms with Crippen LogP contribution in [-0.2, 0) is 11.0 Å². The highest BCUT2D eigenvalue weighted by atomic mass is 19.4. The average molecular weight is 473 g/mol. The SMILES string of the molecule is CC(=O)N[C@@H]1CC[C@@]2(C)C(=CC[C@]3(C)[C@@H]2CC[C@]2(C)C(c4cncc(C(F)(F)F)c4)=CC[C@@H]32)C1. The van der Waals surface area contributed by atoms with Gasteiger partial charge in [-0.3, -0.25) is 9.78 Å². The zero-order valence-electron chi connectivity index (χ0n) is 20.6. The van der Waals surface area contributed by atoms with Crippen molar-refractivity contribution < 1.29 is 18.0 Å². The van der Waals surface area contributed by atoms with Crippen molar-refractivity contribution in [2.24, 2.45) is 28.1 Å². The number of nitrogens with zero attached hydrogens (tertiary/aromatic N) is 1. The van der Waals surface area contributed by atoms with Crippen LogP contribution in [0.5, 0.6) is 0 Å². The highest BCUT2D eigenvalue weighted by molar-refractivity contribution is 5.74. The van der Waals surface area contributed by atoms with Gasteiger partial charge in [0.15, 0.2) is 0 Å². The van der Waals surface area contributed by atoms with Crippen molar-refractivity contribution in [1.29, 1.82) is 0 Å². The first-order chi connectivity index (χ1) is 15.9. The predicted octanol–water partition coefficient (Wildman–Crippen LogP) is 6.95. The molecule has 1 aromatic heterocycles. The summed E-state index contributed by atoms with van der Waals surface area (Å²) in [5, 5.41) is 3.12. The number of hydrogen-bond donors (Lipinski definition) is 1. The van der Waals surface area contributed by atoms with Gasteiger partial charge >= 0.3 is 6.18 Å². The highest BCUT2D eigenvalue weighted by Gasteiger charge is 2.62. The van der Waals surface area contributed by atoms with E-state index in [0.717, 1.165) is 56.7 Å². The van der Waals surface area contributed by atoms with E-state index in [2.05, 4.69) is 43.2 Å². The van der Waals surface area contributed by atoms with E-state index in [4.69, 9.17) is 0 Å². The maximum atomic E-state index is 13.4. The molecule has 0 saturated heterocycles. The minimum absolute atomic E-state index is 0.0388. The number of aromatic nitrogens is 1. The number of rotatable bonds is 2. The van der Waals surface area contributed by atoms with E-state index in [1.54, 1.807) is 13.1 Å². The highest BCUT2D eigenvalue weighted by Crippen LogP contribution is 2.71. The fourth-order valence-electron chi connectivity index (χ4n) is 8.46. The van der Waals surface area contributed by atoms with Gasteiger partial charge in [-0.2, -0.15) is 13.2 Å². The Balaban J connectivity index is 1.45. The Kier molecular flexibility index (Phi) is 5.35. The summed E-state index contributed by atoms with van der Waals surface area (Å²) in [6.45, 7) is 8.72. The lowest BCUT2D eigenvalue weighted by Crippen LogP contribution is -2.56. The summed E-state index contributed by atoms with van der Waals surface area (Å²) in [7, 11) is 0. The number of carbonyl (C=O) groups excluding carboxylic acids is 1. The smallest absolute Gasteiger partial charge is 0.353 e. The summed E-state index contributed by atoms with van der Waals surface area (Å²) >= 11 is 0. The second-order valence-corrected chi connectivity index (χ2v) is 11.9. The zero-order valence-corrected chi connectivity index (χ0v) is 20.6. The molecule has 4 aliphatic carbocycles. The topological polar surface area (TPSA) is 42.0 Å². The molecule has 6 atom stereocenters. The molecule has 2 saturated carbocycles. The van der Waals surface area contributed by atoms with Crippen LogP contribution in [0.1, 0.15) is 83.8 Å². The van der Waals surface area contributed by atoms with Gasteiger partial charge < -0.3 is 5.32 Å². The minimum atomic E-state index is -4.39. The zero-order chi connectivity index (χ0) is 24.5. The lowest BCUT2D eigenvalue weighted by molar-refractivity contribution is -0.137. The number of halogens is 3. The number of fused-ring (bicyclic) bond motifs is 5. The Hall–Kier alpha value is -2.11. The number of hydrogen-bond acceptors (Lipinski definition) is 2. The molecule has 0 radical (unpaired) electrons. The summed E-state index contributed by atoms with van der Waals surface area (Å²) in [6.07, 6.45) is 9.75. The molecule has 1 amide bonds. The van der Waals surface area contributed by atoms with Crippen LogP contribution in [0.25, 0.3) is 5.57 Å². The first-order valence-electron chi connectivity index (χ1n) is 12.6. The Labute approximate surface area is 200 Å². The number of nitrogens with one attached hydrogen (secondary N) is 1. The third-order valence-corrected chi connectivity index (χ3v) is 10.0. The molecule has 1 aromatic rings. The molecule has 34 heavy (non-hydrogen) atoms. The van der Waals surface area contributed by atoms with Crippen molar-refractivity contribution in [3.63, 3.8) is 0 Å². The molecule has 0 bridgehead atoms. The van der Waals surface area contributed by atoms with Crippen LogP contribution in [0.4, 0.5) is 13.2 Å². The van der Waals surface area contributed by atoms with Crippen molar-refractivity contribution in [2.45, 2.75) is 84.9 Å². The van der Waals surface area contributed by atoms with E-state index < -0.39 is 11.7 Å². The summed E-state index contributed by atoms with van der Waals surface area (Å²) < 4.78 is 40.1. The van der Waals surface area contributed by atoms with Gasteiger partial charge in [0.1, 0.15) is 0 Å². The largest absolute Gasteiger partial charge is 0.417 e. The molecule has 4 aliphatic rings. The number of pyridine rings is 1. The molecule has 2 fully saturated rings. The minimum Gasteiger partial charge on any atom is -0.353 e.